The van der Waals surface area contributed by atoms with Crippen molar-refractivity contribution < 1.29 is 4.79 Å². The first-order valence-corrected chi connectivity index (χ1v) is 6.75. The number of aromatic nitrogens is 3. The maximum atomic E-state index is 11.3. The van der Waals surface area contributed by atoms with Crippen LogP contribution in [0.15, 0.2) is 6.20 Å². The number of amides is 1. The summed E-state index contributed by atoms with van der Waals surface area (Å²) in [6, 6.07) is 0. The third kappa shape index (κ3) is 2.56. The fourth-order valence-electron chi connectivity index (χ4n) is 2.11. The van der Waals surface area contributed by atoms with E-state index >= 15 is 0 Å². The highest BCUT2D eigenvalue weighted by atomic mass is 35.5. The van der Waals surface area contributed by atoms with E-state index in [1.54, 1.807) is 0 Å². The van der Waals surface area contributed by atoms with Gasteiger partial charge in [-0.25, -0.2) is 9.67 Å². The molecule has 0 aromatic carbocycles. The quantitative estimate of drug-likeness (QED) is 0.856. The lowest BCUT2D eigenvalue weighted by Gasteiger charge is -2.04. The van der Waals surface area contributed by atoms with E-state index in [1.165, 1.54) is 6.20 Å². The largest absolute Gasteiger partial charge is 0.366 e. The van der Waals surface area contributed by atoms with Crippen LogP contribution in [-0.4, -0.2) is 20.7 Å². The predicted molar refractivity (Wildman–Crippen MR) is 75.3 cm³/mol. The highest BCUT2D eigenvalue weighted by Crippen LogP contribution is 2.28. The molecule has 0 saturated heterocycles. The molecule has 1 amide bonds. The first-order chi connectivity index (χ1) is 9.06. The average Bonchev–Trinajstić information content (AvgIpc) is 2.67. The van der Waals surface area contributed by atoms with Crippen LogP contribution >= 0.6 is 11.6 Å². The van der Waals surface area contributed by atoms with Crippen molar-refractivity contribution in [2.45, 2.75) is 39.7 Å². The summed E-state index contributed by atoms with van der Waals surface area (Å²) in [6.45, 7) is 4.81. The van der Waals surface area contributed by atoms with Gasteiger partial charge in [0.1, 0.15) is 0 Å². The van der Waals surface area contributed by atoms with Gasteiger partial charge in [-0.1, -0.05) is 31.4 Å². The lowest BCUT2D eigenvalue weighted by molar-refractivity contribution is 0.100. The zero-order valence-electron chi connectivity index (χ0n) is 11.1. The van der Waals surface area contributed by atoms with Crippen molar-refractivity contribution in [3.05, 3.63) is 22.5 Å². The van der Waals surface area contributed by atoms with Crippen LogP contribution in [0.25, 0.3) is 11.0 Å². The molecule has 5 nitrogen and oxygen atoms in total. The predicted octanol–water partition coefficient (Wildman–Crippen LogP) is 2.68. The normalized spacial score (nSPS) is 11.1. The molecular formula is C13H17ClN4O. The van der Waals surface area contributed by atoms with Crippen LogP contribution in [0.2, 0.25) is 5.02 Å². The summed E-state index contributed by atoms with van der Waals surface area (Å²) in [4.78, 5) is 15.5. The second-order valence-electron chi connectivity index (χ2n) is 4.56. The van der Waals surface area contributed by atoms with Crippen LogP contribution in [0.4, 0.5) is 0 Å². The zero-order valence-corrected chi connectivity index (χ0v) is 11.9. The number of nitrogens with zero attached hydrogens (tertiary/aromatic N) is 3. The van der Waals surface area contributed by atoms with Crippen molar-refractivity contribution in [3.63, 3.8) is 0 Å². The molecule has 0 spiro atoms. The Bertz CT molecular complexity index is 621. The fraction of sp³-hybridized carbons (Fsp3) is 0.462. The van der Waals surface area contributed by atoms with E-state index < -0.39 is 5.91 Å². The van der Waals surface area contributed by atoms with Crippen LogP contribution < -0.4 is 5.73 Å². The molecule has 6 heteroatoms. The minimum absolute atomic E-state index is 0.241. The number of fused-ring (bicyclic) bond motifs is 1. The van der Waals surface area contributed by atoms with Crippen molar-refractivity contribution in [2.24, 2.45) is 5.73 Å². The molecule has 102 valence electrons. The van der Waals surface area contributed by atoms with Crippen LogP contribution in [0.3, 0.4) is 0 Å². The smallest absolute Gasteiger partial charge is 0.251 e. The first kappa shape index (κ1) is 13.8. The minimum atomic E-state index is -0.572. The summed E-state index contributed by atoms with van der Waals surface area (Å²) >= 11 is 6.22. The lowest BCUT2D eigenvalue weighted by Crippen LogP contribution is -2.12. The standard InChI is InChI=1S/C13H17ClN4O/c1-3-4-5-6-18-13-10(8(2)17-18)11(14)9(7-16-13)12(15)19/h7H,3-6H2,1-2H3,(H2,15,19). The highest BCUT2D eigenvalue weighted by Gasteiger charge is 2.17. The van der Waals surface area contributed by atoms with Gasteiger partial charge in [0.2, 0.25) is 0 Å². The Morgan fingerprint density at radius 1 is 1.47 bits per heavy atom. The van der Waals surface area contributed by atoms with Gasteiger partial charge in [0.25, 0.3) is 5.91 Å². The Hall–Kier alpha value is -1.62. The SMILES string of the molecule is CCCCCn1nc(C)c2c(Cl)c(C(N)=O)cnc21. The summed E-state index contributed by atoms with van der Waals surface area (Å²) in [5, 5.41) is 5.50. The fourth-order valence-corrected chi connectivity index (χ4v) is 2.48. The van der Waals surface area contributed by atoms with E-state index in [0.717, 1.165) is 36.9 Å². The molecule has 2 aromatic heterocycles. The van der Waals surface area contributed by atoms with Gasteiger partial charge in [-0.3, -0.25) is 4.79 Å². The van der Waals surface area contributed by atoms with E-state index in [2.05, 4.69) is 17.0 Å². The number of unbranched alkanes of at least 4 members (excludes halogenated alkanes) is 2. The zero-order chi connectivity index (χ0) is 14.0. The number of hydrogen-bond donors (Lipinski definition) is 1. The van der Waals surface area contributed by atoms with Gasteiger partial charge in [-0.15, -0.1) is 0 Å². The summed E-state index contributed by atoms with van der Waals surface area (Å²) in [5.41, 5.74) is 6.99. The molecule has 0 aliphatic heterocycles. The van der Waals surface area contributed by atoms with E-state index in [9.17, 15) is 4.79 Å². The molecule has 0 saturated carbocycles. The Morgan fingerprint density at radius 3 is 2.84 bits per heavy atom. The second kappa shape index (κ2) is 5.57. The Balaban J connectivity index is 2.48. The van der Waals surface area contributed by atoms with Crippen LogP contribution in [0.1, 0.15) is 42.2 Å². The lowest BCUT2D eigenvalue weighted by atomic mass is 10.2. The molecule has 0 aliphatic rings. The topological polar surface area (TPSA) is 73.8 Å². The minimum Gasteiger partial charge on any atom is -0.366 e. The van der Waals surface area contributed by atoms with Gasteiger partial charge < -0.3 is 5.73 Å². The highest BCUT2D eigenvalue weighted by molar-refractivity contribution is 6.38. The summed E-state index contributed by atoms with van der Waals surface area (Å²) in [7, 11) is 0. The molecule has 0 fully saturated rings. The number of carbonyl (C=O) groups excluding carboxylic acids is 1. The maximum Gasteiger partial charge on any atom is 0.251 e. The average molecular weight is 281 g/mol. The number of nitrogens with two attached hydrogens (primary N) is 1. The van der Waals surface area contributed by atoms with Gasteiger partial charge >= 0.3 is 0 Å². The molecule has 0 radical (unpaired) electrons. The summed E-state index contributed by atoms with van der Waals surface area (Å²) < 4.78 is 1.84. The number of pyridine rings is 1. The molecule has 0 bridgehead atoms. The van der Waals surface area contributed by atoms with Gasteiger partial charge in [0, 0.05) is 12.7 Å². The van der Waals surface area contributed by atoms with Crippen molar-refractivity contribution in [1.29, 1.82) is 0 Å². The molecule has 2 aromatic rings. The van der Waals surface area contributed by atoms with Crippen LogP contribution in [0.5, 0.6) is 0 Å². The van der Waals surface area contributed by atoms with Gasteiger partial charge in [0.05, 0.1) is 21.7 Å². The molecule has 0 atom stereocenters. The molecule has 2 heterocycles. The van der Waals surface area contributed by atoms with Gasteiger partial charge in [0.15, 0.2) is 5.65 Å². The monoisotopic (exact) mass is 280 g/mol. The third-order valence-corrected chi connectivity index (χ3v) is 3.50. The van der Waals surface area contributed by atoms with Crippen molar-refractivity contribution >= 4 is 28.5 Å². The van der Waals surface area contributed by atoms with Crippen molar-refractivity contribution in [1.82, 2.24) is 14.8 Å². The molecule has 2 N–H and O–H groups in total. The molecule has 0 aliphatic carbocycles. The Labute approximate surface area is 116 Å². The third-order valence-electron chi connectivity index (χ3n) is 3.11. The first-order valence-electron chi connectivity index (χ1n) is 6.37. The van der Waals surface area contributed by atoms with Gasteiger partial charge in [-0.2, -0.15) is 5.10 Å². The Kier molecular flexibility index (Phi) is 4.04. The molecule has 0 unspecified atom stereocenters. The second-order valence-corrected chi connectivity index (χ2v) is 4.94. The number of aryl methyl sites for hydroxylation is 2. The van der Waals surface area contributed by atoms with Crippen molar-refractivity contribution in [2.75, 3.05) is 0 Å². The summed E-state index contributed by atoms with van der Waals surface area (Å²) in [6.07, 6.45) is 4.76. The van der Waals surface area contributed by atoms with E-state index in [-0.39, 0.29) is 5.56 Å². The van der Waals surface area contributed by atoms with Gasteiger partial charge in [-0.05, 0) is 13.3 Å². The van der Waals surface area contributed by atoms with Crippen LogP contribution in [0, 0.1) is 6.92 Å². The summed E-state index contributed by atoms with van der Waals surface area (Å²) in [5.74, 6) is -0.572. The number of hydrogen-bond acceptors (Lipinski definition) is 3. The number of carbonyl (C=O) groups is 1. The van der Waals surface area contributed by atoms with Crippen molar-refractivity contribution in [3.8, 4) is 0 Å². The molecular weight excluding hydrogens is 264 g/mol. The van der Waals surface area contributed by atoms with E-state index in [0.29, 0.717) is 10.7 Å². The molecule has 2 rings (SSSR count). The number of rotatable bonds is 5. The Morgan fingerprint density at radius 2 is 2.21 bits per heavy atom. The number of primary amides is 1. The van der Waals surface area contributed by atoms with E-state index in [4.69, 9.17) is 17.3 Å². The maximum absolute atomic E-state index is 11.3. The van der Waals surface area contributed by atoms with E-state index in [1.807, 2.05) is 11.6 Å². The van der Waals surface area contributed by atoms with Crippen LogP contribution in [-0.2, 0) is 6.54 Å². The molecule has 19 heavy (non-hydrogen) atoms. The number of halogens is 1.